The van der Waals surface area contributed by atoms with Crippen molar-refractivity contribution < 1.29 is 9.90 Å². The van der Waals surface area contributed by atoms with E-state index in [-0.39, 0.29) is 18.1 Å². The maximum atomic E-state index is 13.3. The third-order valence-electron chi connectivity index (χ3n) is 6.60. The maximum absolute atomic E-state index is 13.3. The van der Waals surface area contributed by atoms with E-state index in [1.807, 2.05) is 56.6 Å². The molecule has 2 N–H and O–H groups in total. The molecule has 180 valence electrons. The van der Waals surface area contributed by atoms with Crippen molar-refractivity contribution in [3.63, 3.8) is 0 Å². The van der Waals surface area contributed by atoms with E-state index in [1.165, 1.54) is 5.56 Å². The molecule has 2 aromatic carbocycles. The third kappa shape index (κ3) is 5.11. The molecule has 4 aromatic rings. The van der Waals surface area contributed by atoms with Gasteiger partial charge in [-0.3, -0.25) is 15.1 Å². The molecule has 1 aliphatic carbocycles. The fourth-order valence-corrected chi connectivity index (χ4v) is 4.92. The van der Waals surface area contributed by atoms with Crippen molar-refractivity contribution in [3.8, 4) is 11.3 Å². The first kappa shape index (κ1) is 23.2. The van der Waals surface area contributed by atoms with Crippen molar-refractivity contribution in [1.82, 2.24) is 19.4 Å². The zero-order chi connectivity index (χ0) is 24.4. The van der Waals surface area contributed by atoms with Crippen LogP contribution in [-0.2, 0) is 6.54 Å². The number of nitrogens with one attached hydrogen (secondary N) is 1. The molecule has 0 spiro atoms. The van der Waals surface area contributed by atoms with Gasteiger partial charge in [-0.15, -0.1) is 0 Å². The number of imidazole rings is 1. The van der Waals surface area contributed by atoms with Crippen LogP contribution >= 0.6 is 0 Å². The van der Waals surface area contributed by atoms with Gasteiger partial charge in [0.1, 0.15) is 0 Å². The molecule has 0 atom stereocenters. The van der Waals surface area contributed by atoms with Crippen molar-refractivity contribution in [2.75, 3.05) is 19.4 Å². The average Bonchev–Trinajstić information content (AvgIpc) is 3.22. The lowest BCUT2D eigenvalue weighted by Crippen LogP contribution is -2.23. The monoisotopic (exact) mass is 469 g/mol. The van der Waals surface area contributed by atoms with Crippen molar-refractivity contribution in [2.24, 2.45) is 0 Å². The fourth-order valence-electron chi connectivity index (χ4n) is 4.92. The predicted octanol–water partition coefficient (Wildman–Crippen LogP) is 4.89. The Morgan fingerprint density at radius 3 is 2.66 bits per heavy atom. The van der Waals surface area contributed by atoms with Crippen LogP contribution in [0.4, 0.5) is 5.95 Å². The molecule has 0 bridgehead atoms. The van der Waals surface area contributed by atoms with Gasteiger partial charge in [-0.1, -0.05) is 30.3 Å². The second-order valence-electron chi connectivity index (χ2n) is 9.58. The Bertz CT molecular complexity index is 1340. The minimum Gasteiger partial charge on any atom is -0.393 e. The third-order valence-corrected chi connectivity index (χ3v) is 6.60. The molecule has 7 nitrogen and oxygen atoms in total. The SMILES string of the molecule is CN(C)Cc1cccc(-c2cc(C(=O)Nc3nc4ccccc4n3C3CCC(O)CC3)ccn2)c1. The van der Waals surface area contributed by atoms with Crippen LogP contribution in [0.3, 0.4) is 0 Å². The molecule has 2 heterocycles. The number of amides is 1. The van der Waals surface area contributed by atoms with Gasteiger partial charge in [-0.05, 0) is 75.7 Å². The Kier molecular flexibility index (Phi) is 6.61. The molecule has 0 aliphatic heterocycles. The highest BCUT2D eigenvalue weighted by Gasteiger charge is 2.25. The smallest absolute Gasteiger partial charge is 0.258 e. The van der Waals surface area contributed by atoms with Crippen LogP contribution in [0.2, 0.25) is 0 Å². The molecule has 2 aromatic heterocycles. The highest BCUT2D eigenvalue weighted by molar-refractivity contribution is 6.04. The van der Waals surface area contributed by atoms with Gasteiger partial charge in [-0.2, -0.15) is 0 Å². The molecule has 1 fully saturated rings. The highest BCUT2D eigenvalue weighted by Crippen LogP contribution is 2.34. The van der Waals surface area contributed by atoms with Gasteiger partial charge in [-0.25, -0.2) is 4.98 Å². The van der Waals surface area contributed by atoms with E-state index in [4.69, 9.17) is 4.98 Å². The van der Waals surface area contributed by atoms with Gasteiger partial charge in [0.25, 0.3) is 5.91 Å². The number of rotatable bonds is 6. The van der Waals surface area contributed by atoms with Gasteiger partial charge >= 0.3 is 0 Å². The Morgan fingerprint density at radius 1 is 1.06 bits per heavy atom. The minimum atomic E-state index is -0.245. The number of nitrogens with zero attached hydrogens (tertiary/aromatic N) is 4. The number of hydrogen-bond acceptors (Lipinski definition) is 5. The lowest BCUT2D eigenvalue weighted by molar-refractivity contribution is 0.102. The zero-order valence-electron chi connectivity index (χ0n) is 20.2. The van der Waals surface area contributed by atoms with E-state index < -0.39 is 0 Å². The molecule has 0 saturated heterocycles. The van der Waals surface area contributed by atoms with Crippen LogP contribution in [0.5, 0.6) is 0 Å². The summed E-state index contributed by atoms with van der Waals surface area (Å²) in [7, 11) is 4.08. The number of benzene rings is 2. The number of aliphatic hydroxyl groups excluding tert-OH is 1. The van der Waals surface area contributed by atoms with Crippen LogP contribution in [0, 0.1) is 0 Å². The van der Waals surface area contributed by atoms with E-state index in [2.05, 4.69) is 31.9 Å². The second kappa shape index (κ2) is 9.98. The number of hydrogen-bond donors (Lipinski definition) is 2. The quantitative estimate of drug-likeness (QED) is 0.420. The number of anilines is 1. The Hall–Kier alpha value is -3.55. The first-order valence-electron chi connectivity index (χ1n) is 12.1. The van der Waals surface area contributed by atoms with Crippen molar-refractivity contribution in [2.45, 2.75) is 44.4 Å². The van der Waals surface area contributed by atoms with E-state index in [0.717, 1.165) is 54.5 Å². The Labute approximate surface area is 205 Å². The van der Waals surface area contributed by atoms with E-state index in [1.54, 1.807) is 12.3 Å². The summed E-state index contributed by atoms with van der Waals surface area (Å²) in [5.74, 6) is 0.328. The van der Waals surface area contributed by atoms with Crippen molar-refractivity contribution in [1.29, 1.82) is 0 Å². The van der Waals surface area contributed by atoms with Crippen LogP contribution in [-0.4, -0.2) is 50.6 Å². The maximum Gasteiger partial charge on any atom is 0.258 e. The second-order valence-corrected chi connectivity index (χ2v) is 9.58. The number of carbonyl (C=O) groups is 1. The fraction of sp³-hybridized carbons (Fsp3) is 0.321. The summed E-state index contributed by atoms with van der Waals surface area (Å²) in [5.41, 5.74) is 5.31. The number of carbonyl (C=O) groups excluding carboxylic acids is 1. The summed E-state index contributed by atoms with van der Waals surface area (Å²) in [6.07, 6.45) is 4.65. The Balaban J connectivity index is 1.43. The first-order chi connectivity index (χ1) is 17.0. The van der Waals surface area contributed by atoms with Crippen LogP contribution in [0.15, 0.2) is 66.9 Å². The lowest BCUT2D eigenvalue weighted by Gasteiger charge is -2.28. The molecule has 0 unspecified atom stereocenters. The topological polar surface area (TPSA) is 83.3 Å². The molecular formula is C28H31N5O2. The van der Waals surface area contributed by atoms with Gasteiger partial charge in [0.05, 0.1) is 22.8 Å². The van der Waals surface area contributed by atoms with Gasteiger partial charge in [0.15, 0.2) is 0 Å². The number of aromatic nitrogens is 3. The van der Waals surface area contributed by atoms with Gasteiger partial charge < -0.3 is 14.6 Å². The molecule has 5 rings (SSSR count). The molecule has 1 amide bonds. The molecule has 1 aliphatic rings. The zero-order valence-corrected chi connectivity index (χ0v) is 20.2. The van der Waals surface area contributed by atoms with Crippen LogP contribution in [0.25, 0.3) is 22.3 Å². The summed E-state index contributed by atoms with van der Waals surface area (Å²) < 4.78 is 2.13. The van der Waals surface area contributed by atoms with Crippen LogP contribution < -0.4 is 5.32 Å². The number of fused-ring (bicyclic) bond motifs is 1. The van der Waals surface area contributed by atoms with E-state index in [0.29, 0.717) is 11.5 Å². The number of aliphatic hydroxyl groups is 1. The summed E-state index contributed by atoms with van der Waals surface area (Å²) in [4.78, 5) is 24.7. The van der Waals surface area contributed by atoms with Gasteiger partial charge in [0, 0.05) is 29.9 Å². The predicted molar refractivity (Wildman–Crippen MR) is 138 cm³/mol. The largest absolute Gasteiger partial charge is 0.393 e. The average molecular weight is 470 g/mol. The first-order valence-corrected chi connectivity index (χ1v) is 12.1. The molecule has 1 saturated carbocycles. The summed E-state index contributed by atoms with van der Waals surface area (Å²) >= 11 is 0. The highest BCUT2D eigenvalue weighted by atomic mass is 16.3. The van der Waals surface area contributed by atoms with Crippen molar-refractivity contribution >= 4 is 22.9 Å². The number of para-hydroxylation sites is 2. The molecular weight excluding hydrogens is 438 g/mol. The van der Waals surface area contributed by atoms with Crippen LogP contribution in [0.1, 0.15) is 47.6 Å². The normalized spacial score (nSPS) is 18.2. The standard InChI is InChI=1S/C28H31N5O2/c1-32(2)18-19-6-5-7-20(16-19)25-17-21(14-15-29-25)27(35)31-28-30-24-8-3-4-9-26(24)33(28)22-10-12-23(34)13-11-22/h3-9,14-17,22-23,34H,10-13,18H2,1-2H3,(H,30,31,35). The molecule has 35 heavy (non-hydrogen) atoms. The van der Waals surface area contributed by atoms with Gasteiger partial charge in [0.2, 0.25) is 5.95 Å². The van der Waals surface area contributed by atoms with E-state index >= 15 is 0 Å². The minimum absolute atomic E-state index is 0.188. The summed E-state index contributed by atoms with van der Waals surface area (Å²) in [6.45, 7) is 0.836. The Morgan fingerprint density at radius 2 is 1.86 bits per heavy atom. The van der Waals surface area contributed by atoms with E-state index in [9.17, 15) is 9.90 Å². The molecule has 7 heteroatoms. The summed E-state index contributed by atoms with van der Waals surface area (Å²) in [6, 6.07) is 19.9. The lowest BCUT2D eigenvalue weighted by atomic mass is 9.93. The van der Waals surface area contributed by atoms with Crippen molar-refractivity contribution in [3.05, 3.63) is 78.0 Å². The molecule has 0 radical (unpaired) electrons. The number of pyridine rings is 1. The summed E-state index contributed by atoms with van der Waals surface area (Å²) in [5, 5.41) is 13.0.